The first kappa shape index (κ1) is 44.5. The van der Waals surface area contributed by atoms with Gasteiger partial charge >= 0.3 is 328 Å². The molecule has 4 nitrogen and oxygen atoms in total. The van der Waals surface area contributed by atoms with Gasteiger partial charge in [0.1, 0.15) is 0 Å². The molecule has 0 unspecified atom stereocenters. The van der Waals surface area contributed by atoms with E-state index in [4.69, 9.17) is 9.40 Å². The molecule has 0 fully saturated rings. The molecule has 0 N–H and O–H groups in total. The number of imidazole rings is 1. The van der Waals surface area contributed by atoms with Crippen LogP contribution in [0.25, 0.3) is 72.4 Å². The summed E-state index contributed by atoms with van der Waals surface area (Å²) in [7, 11) is 0. The summed E-state index contributed by atoms with van der Waals surface area (Å²) < 4.78 is 12.0. The molecule has 9 rings (SSSR count). The average molecular weight is 1100 g/mol. The van der Waals surface area contributed by atoms with Gasteiger partial charge in [-0.2, -0.15) is 0 Å². The van der Waals surface area contributed by atoms with E-state index in [0.29, 0.717) is 11.8 Å². The van der Waals surface area contributed by atoms with Crippen LogP contribution in [-0.4, -0.2) is 41.1 Å². The fourth-order valence-electron chi connectivity index (χ4n) is 7.96. The minimum absolute atomic E-state index is 0. The predicted octanol–water partition coefficient (Wildman–Crippen LogP) is 13.9. The summed E-state index contributed by atoms with van der Waals surface area (Å²) in [6.45, 7) is 9.17. The number of hydrogen-bond acceptors (Lipinski definition) is 3. The molecule has 9 aromatic rings. The van der Waals surface area contributed by atoms with Gasteiger partial charge in [0.15, 0.2) is 0 Å². The van der Waals surface area contributed by atoms with E-state index in [1.165, 1.54) is 36.7 Å². The maximum absolute atomic E-state index is 6.74. The van der Waals surface area contributed by atoms with Crippen LogP contribution in [0.4, 0.5) is 0 Å². The zero-order valence-electron chi connectivity index (χ0n) is 37.0. The van der Waals surface area contributed by atoms with E-state index < -0.39 is 26.5 Å². The minimum Gasteiger partial charge on any atom is 0 e. The molecule has 1 radical (unpaired) electrons. The second kappa shape index (κ2) is 18.1. The first-order chi connectivity index (χ1) is 28.7. The van der Waals surface area contributed by atoms with Gasteiger partial charge in [-0.1, -0.05) is 30.3 Å². The van der Waals surface area contributed by atoms with E-state index in [1.54, 1.807) is 0 Å². The van der Waals surface area contributed by atoms with Crippen LogP contribution in [0, 0.1) is 12.1 Å². The van der Waals surface area contributed by atoms with Gasteiger partial charge in [-0.3, -0.25) is 0 Å². The molecule has 311 valence electrons. The number of aromatic nitrogens is 3. The van der Waals surface area contributed by atoms with Gasteiger partial charge in [-0.15, -0.1) is 0 Å². The predicted molar refractivity (Wildman–Crippen MR) is 261 cm³/mol. The zero-order valence-corrected chi connectivity index (χ0v) is 43.6. The van der Waals surface area contributed by atoms with Crippen molar-refractivity contribution in [2.24, 2.45) is 0 Å². The molecule has 0 bridgehead atoms. The Hall–Kier alpha value is -4.52. The molecular formula is C54H55Ge2IrN3O-2. The van der Waals surface area contributed by atoms with Gasteiger partial charge in [0.25, 0.3) is 0 Å². The molecule has 0 saturated carbocycles. The molecule has 61 heavy (non-hydrogen) atoms. The van der Waals surface area contributed by atoms with E-state index in [1.807, 2.05) is 36.5 Å². The van der Waals surface area contributed by atoms with Gasteiger partial charge < -0.3 is 0 Å². The monoisotopic (exact) mass is 1100 g/mol. The van der Waals surface area contributed by atoms with Gasteiger partial charge in [0, 0.05) is 20.1 Å². The van der Waals surface area contributed by atoms with Crippen molar-refractivity contribution in [2.45, 2.75) is 74.1 Å². The standard InChI is InChI=1S/C40H39GeN2O.C14H16GeN.Ir/c1-25(2)33-22-28(27-14-9-8-10-15-27)23-34(26(3)4)38(33)43-36-19-12-11-18-35(36)42-40(43)32-17-13-16-31-30-21-20-29(41(5,6)7)24-37(30)44-39(31)32;1-15(2,3)13-9-10-14(16-11-13)12-7-5-4-6-8-12;/h8-16,18-26H,1-7H3;4-7,9-11H,1-3H3;/q2*-1;. The van der Waals surface area contributed by atoms with Crippen LogP contribution in [0.2, 0.25) is 34.5 Å². The summed E-state index contributed by atoms with van der Waals surface area (Å²) in [6, 6.07) is 54.0. The van der Waals surface area contributed by atoms with Crippen molar-refractivity contribution in [1.82, 2.24) is 14.5 Å². The third kappa shape index (κ3) is 9.18. The number of fused-ring (bicyclic) bond motifs is 4. The summed E-state index contributed by atoms with van der Waals surface area (Å²) >= 11 is -3.75. The fraction of sp³-hybridized carbons (Fsp3) is 0.222. The quantitative estimate of drug-likeness (QED) is 0.112. The zero-order chi connectivity index (χ0) is 42.3. The molecule has 0 aliphatic heterocycles. The van der Waals surface area contributed by atoms with E-state index in [9.17, 15) is 0 Å². The number of para-hydroxylation sites is 2. The van der Waals surface area contributed by atoms with Crippen LogP contribution < -0.4 is 8.79 Å². The Morgan fingerprint density at radius 2 is 1.26 bits per heavy atom. The first-order valence-electron chi connectivity index (χ1n) is 21.2. The van der Waals surface area contributed by atoms with Crippen molar-refractivity contribution >= 4 is 68.3 Å². The molecule has 0 amide bonds. The number of benzene rings is 6. The third-order valence-corrected chi connectivity index (χ3v) is 20.0. The molecule has 0 spiro atoms. The van der Waals surface area contributed by atoms with Crippen molar-refractivity contribution in [1.29, 1.82) is 0 Å². The molecule has 0 aliphatic carbocycles. The van der Waals surface area contributed by atoms with Crippen molar-refractivity contribution in [3.63, 3.8) is 0 Å². The van der Waals surface area contributed by atoms with Crippen LogP contribution in [0.5, 0.6) is 0 Å². The third-order valence-electron chi connectivity index (χ3n) is 11.4. The molecule has 6 aromatic carbocycles. The fourth-order valence-corrected chi connectivity index (χ4v) is 12.5. The maximum atomic E-state index is 6.74. The molecule has 3 aromatic heterocycles. The Morgan fingerprint density at radius 3 is 1.89 bits per heavy atom. The van der Waals surface area contributed by atoms with Crippen LogP contribution in [0.1, 0.15) is 50.7 Å². The SMILES string of the molecule is CC(C)c1cc(-c2ccccc2)cc(C(C)C)c1-n1c(-c2[c-]ccc3c2oc2c[c]([Ge]([CH3])([CH3])[CH3])ccc23)nc2ccccc21.[CH3][Ge]([CH3])([CH3])[c]1ccc(-c2[c-]cccc2)nc1.[Ir]. The van der Waals surface area contributed by atoms with E-state index in [-0.39, 0.29) is 20.1 Å². The topological polar surface area (TPSA) is 43.9 Å². The number of hydrogen-bond donors (Lipinski definition) is 0. The second-order valence-corrected chi connectivity index (χ2v) is 39.9. The minimum atomic E-state index is -2.04. The molecule has 0 aliphatic rings. The Bertz CT molecular complexity index is 2910. The van der Waals surface area contributed by atoms with E-state index in [2.05, 4.69) is 187 Å². The first-order valence-corrected chi connectivity index (χ1v) is 35.9. The normalized spacial score (nSPS) is 11.9. The maximum Gasteiger partial charge on any atom is 0 e. The van der Waals surface area contributed by atoms with Gasteiger partial charge in [-0.05, 0) is 5.56 Å². The van der Waals surface area contributed by atoms with Crippen molar-refractivity contribution in [2.75, 3.05) is 0 Å². The smallest absolute Gasteiger partial charge is 0 e. The Labute approximate surface area is 380 Å². The molecule has 3 heterocycles. The van der Waals surface area contributed by atoms with Gasteiger partial charge in [0.05, 0.1) is 0 Å². The van der Waals surface area contributed by atoms with E-state index in [0.717, 1.165) is 55.6 Å². The Morgan fingerprint density at radius 1 is 0.607 bits per heavy atom. The number of pyridine rings is 1. The Balaban J connectivity index is 0.000000278. The van der Waals surface area contributed by atoms with Crippen molar-refractivity contribution in [3.05, 3.63) is 163 Å². The van der Waals surface area contributed by atoms with Crippen LogP contribution in [0.15, 0.2) is 144 Å². The molecule has 0 atom stereocenters. The number of furan rings is 1. The molecule has 7 heteroatoms. The summed E-state index contributed by atoms with van der Waals surface area (Å²) in [5, 5.41) is 2.25. The van der Waals surface area contributed by atoms with Crippen LogP contribution in [0.3, 0.4) is 0 Å². The van der Waals surface area contributed by atoms with Crippen molar-refractivity contribution < 1.29 is 24.5 Å². The van der Waals surface area contributed by atoms with Crippen LogP contribution in [-0.2, 0) is 20.1 Å². The molecule has 0 saturated heterocycles. The summed E-state index contributed by atoms with van der Waals surface area (Å²) in [6.07, 6.45) is 2.04. The average Bonchev–Trinajstić information content (AvgIpc) is 3.82. The van der Waals surface area contributed by atoms with Crippen molar-refractivity contribution in [3.8, 4) is 39.5 Å². The summed E-state index contributed by atoms with van der Waals surface area (Å²) in [5.74, 6) is 15.9. The van der Waals surface area contributed by atoms with Gasteiger partial charge in [0.2, 0.25) is 0 Å². The second-order valence-electron chi connectivity index (χ2n) is 18.6. The molecular weight excluding hydrogens is 1040 g/mol. The Kier molecular flexibility index (Phi) is 13.2. The van der Waals surface area contributed by atoms with Gasteiger partial charge in [-0.25, -0.2) is 0 Å². The largest absolute Gasteiger partial charge is 0 e. The number of rotatable bonds is 8. The van der Waals surface area contributed by atoms with E-state index >= 15 is 0 Å². The number of nitrogens with zero attached hydrogens (tertiary/aromatic N) is 3. The summed E-state index contributed by atoms with van der Waals surface area (Å²) in [5.41, 5.74) is 13.1. The summed E-state index contributed by atoms with van der Waals surface area (Å²) in [4.78, 5) is 9.83. The van der Waals surface area contributed by atoms with Crippen LogP contribution >= 0.6 is 0 Å².